The molecule has 2 aromatic carbocycles. The molecule has 1 unspecified atom stereocenters. The van der Waals surface area contributed by atoms with Gasteiger partial charge in [-0.15, -0.1) is 0 Å². The summed E-state index contributed by atoms with van der Waals surface area (Å²) < 4.78 is 5.72. The molecule has 1 aliphatic carbocycles. The van der Waals surface area contributed by atoms with Crippen molar-refractivity contribution in [1.29, 1.82) is 0 Å². The van der Waals surface area contributed by atoms with Crippen molar-refractivity contribution in [1.82, 2.24) is 15.1 Å². The summed E-state index contributed by atoms with van der Waals surface area (Å²) in [6.07, 6.45) is 2.19. The number of carbonyl (C=O) groups excluding carboxylic acids is 2. The molecular formula is C22H27N3O3. The highest BCUT2D eigenvalue weighted by Gasteiger charge is 2.30. The fraction of sp³-hybridized carbons (Fsp3) is 0.455. The van der Waals surface area contributed by atoms with E-state index in [1.165, 1.54) is 0 Å². The van der Waals surface area contributed by atoms with E-state index in [9.17, 15) is 9.59 Å². The maximum atomic E-state index is 12.5. The average molecular weight is 381 g/mol. The van der Waals surface area contributed by atoms with Gasteiger partial charge in [-0.05, 0) is 42.7 Å². The molecule has 2 fully saturated rings. The van der Waals surface area contributed by atoms with Crippen LogP contribution in [0.4, 0.5) is 0 Å². The van der Waals surface area contributed by atoms with Crippen LogP contribution in [0.1, 0.15) is 19.8 Å². The second-order valence-corrected chi connectivity index (χ2v) is 7.67. The zero-order valence-corrected chi connectivity index (χ0v) is 16.3. The minimum atomic E-state index is -0.147. The summed E-state index contributed by atoms with van der Waals surface area (Å²) in [5.74, 6) is 0.792. The third kappa shape index (κ3) is 4.44. The summed E-state index contributed by atoms with van der Waals surface area (Å²) in [6, 6.07) is 14.2. The first-order chi connectivity index (χ1) is 13.6. The molecule has 1 saturated carbocycles. The van der Waals surface area contributed by atoms with Crippen molar-refractivity contribution in [2.75, 3.05) is 32.8 Å². The molecule has 2 aliphatic rings. The number of hydrogen-bond acceptors (Lipinski definition) is 4. The predicted molar refractivity (Wildman–Crippen MR) is 108 cm³/mol. The van der Waals surface area contributed by atoms with E-state index in [1.54, 1.807) is 0 Å². The third-order valence-corrected chi connectivity index (χ3v) is 5.60. The lowest BCUT2D eigenvalue weighted by Crippen LogP contribution is -2.55. The van der Waals surface area contributed by atoms with E-state index in [0.29, 0.717) is 38.0 Å². The second kappa shape index (κ2) is 8.19. The smallest absolute Gasteiger partial charge is 0.260 e. The van der Waals surface area contributed by atoms with Crippen LogP contribution in [0.3, 0.4) is 0 Å². The maximum Gasteiger partial charge on any atom is 0.260 e. The molecular weight excluding hydrogens is 354 g/mol. The minimum absolute atomic E-state index is 0.0112. The van der Waals surface area contributed by atoms with Crippen molar-refractivity contribution < 1.29 is 14.3 Å². The Labute approximate surface area is 165 Å². The van der Waals surface area contributed by atoms with Crippen molar-refractivity contribution in [2.24, 2.45) is 0 Å². The Bertz CT molecular complexity index is 857. The number of benzene rings is 2. The van der Waals surface area contributed by atoms with Crippen LogP contribution in [0.15, 0.2) is 42.5 Å². The number of carbonyl (C=O) groups is 2. The average Bonchev–Trinajstić information content (AvgIpc) is 3.55. The highest BCUT2D eigenvalue weighted by molar-refractivity contribution is 5.84. The number of nitrogens with one attached hydrogen (secondary N) is 1. The second-order valence-electron chi connectivity index (χ2n) is 7.67. The number of ether oxygens (including phenoxy) is 1. The first kappa shape index (κ1) is 18.7. The number of amides is 2. The molecule has 0 spiro atoms. The van der Waals surface area contributed by atoms with Gasteiger partial charge in [-0.2, -0.15) is 0 Å². The van der Waals surface area contributed by atoms with Gasteiger partial charge in [0, 0.05) is 32.2 Å². The van der Waals surface area contributed by atoms with Crippen LogP contribution < -0.4 is 10.1 Å². The summed E-state index contributed by atoms with van der Waals surface area (Å²) >= 11 is 0. The Kier molecular flexibility index (Phi) is 5.48. The SMILES string of the molecule is CC(C(=O)NC1CC1)N1CCN(C(=O)COc2ccc3ccccc3c2)CC1. The predicted octanol–water partition coefficient (Wildman–Crippen LogP) is 2.03. The number of rotatable bonds is 6. The lowest BCUT2D eigenvalue weighted by atomic mass is 10.1. The molecule has 1 aliphatic heterocycles. The van der Waals surface area contributed by atoms with Crippen molar-refractivity contribution >= 4 is 22.6 Å². The molecule has 148 valence electrons. The van der Waals surface area contributed by atoms with Crippen LogP contribution in [-0.2, 0) is 9.59 Å². The molecule has 0 aromatic heterocycles. The number of hydrogen-bond donors (Lipinski definition) is 1. The van der Waals surface area contributed by atoms with E-state index in [0.717, 1.165) is 23.6 Å². The number of nitrogens with zero attached hydrogens (tertiary/aromatic N) is 2. The molecule has 6 heteroatoms. The molecule has 0 radical (unpaired) electrons. The van der Waals surface area contributed by atoms with Crippen LogP contribution in [-0.4, -0.2) is 66.5 Å². The summed E-state index contributed by atoms with van der Waals surface area (Å²) in [6.45, 7) is 4.65. The van der Waals surface area contributed by atoms with Crippen molar-refractivity contribution in [3.63, 3.8) is 0 Å². The third-order valence-electron chi connectivity index (χ3n) is 5.60. The quantitative estimate of drug-likeness (QED) is 0.832. The fourth-order valence-corrected chi connectivity index (χ4v) is 3.57. The van der Waals surface area contributed by atoms with Crippen molar-refractivity contribution in [2.45, 2.75) is 31.8 Å². The molecule has 28 heavy (non-hydrogen) atoms. The fourth-order valence-electron chi connectivity index (χ4n) is 3.57. The molecule has 4 rings (SSSR count). The van der Waals surface area contributed by atoms with Crippen LogP contribution >= 0.6 is 0 Å². The molecule has 6 nitrogen and oxygen atoms in total. The van der Waals surface area contributed by atoms with Gasteiger partial charge in [0.1, 0.15) is 5.75 Å². The molecule has 1 saturated heterocycles. The first-order valence-electron chi connectivity index (χ1n) is 10.0. The summed E-state index contributed by atoms with van der Waals surface area (Å²) in [4.78, 5) is 28.7. The van der Waals surface area contributed by atoms with E-state index in [2.05, 4.69) is 16.3 Å². The Morgan fingerprint density at radius 3 is 2.50 bits per heavy atom. The van der Waals surface area contributed by atoms with Gasteiger partial charge < -0.3 is 15.0 Å². The van der Waals surface area contributed by atoms with E-state index in [4.69, 9.17) is 4.74 Å². The monoisotopic (exact) mass is 381 g/mol. The highest BCUT2D eigenvalue weighted by Crippen LogP contribution is 2.21. The van der Waals surface area contributed by atoms with E-state index in [-0.39, 0.29) is 24.5 Å². The lowest BCUT2D eigenvalue weighted by molar-refractivity contribution is -0.136. The van der Waals surface area contributed by atoms with Gasteiger partial charge in [-0.3, -0.25) is 14.5 Å². The van der Waals surface area contributed by atoms with Gasteiger partial charge >= 0.3 is 0 Å². The topological polar surface area (TPSA) is 61.9 Å². The van der Waals surface area contributed by atoms with Gasteiger partial charge in [0.2, 0.25) is 5.91 Å². The van der Waals surface area contributed by atoms with Crippen molar-refractivity contribution in [3.8, 4) is 5.75 Å². The van der Waals surface area contributed by atoms with Crippen LogP contribution in [0.5, 0.6) is 5.75 Å². The lowest BCUT2D eigenvalue weighted by Gasteiger charge is -2.37. The van der Waals surface area contributed by atoms with Gasteiger partial charge in [0.25, 0.3) is 5.91 Å². The molecule has 2 amide bonds. The van der Waals surface area contributed by atoms with E-state index >= 15 is 0 Å². The Balaban J connectivity index is 1.24. The Morgan fingerprint density at radius 2 is 1.79 bits per heavy atom. The normalized spacial score (nSPS) is 18.7. The van der Waals surface area contributed by atoms with E-state index in [1.807, 2.05) is 48.2 Å². The number of piperazine rings is 1. The van der Waals surface area contributed by atoms with Gasteiger partial charge in [0.05, 0.1) is 6.04 Å². The largest absolute Gasteiger partial charge is 0.484 e. The molecule has 1 N–H and O–H groups in total. The first-order valence-corrected chi connectivity index (χ1v) is 10.0. The minimum Gasteiger partial charge on any atom is -0.484 e. The molecule has 0 bridgehead atoms. The summed E-state index contributed by atoms with van der Waals surface area (Å²) in [7, 11) is 0. The van der Waals surface area contributed by atoms with Crippen molar-refractivity contribution in [3.05, 3.63) is 42.5 Å². The molecule has 1 heterocycles. The summed E-state index contributed by atoms with van der Waals surface area (Å²) in [5, 5.41) is 5.30. The zero-order valence-electron chi connectivity index (χ0n) is 16.3. The standard InChI is InChI=1S/C22H27N3O3/c1-16(22(27)23-19-7-8-19)24-10-12-25(13-11-24)21(26)15-28-20-9-6-17-4-2-3-5-18(17)14-20/h2-6,9,14,16,19H,7-8,10-13,15H2,1H3,(H,23,27). The molecule has 2 aromatic rings. The Hall–Kier alpha value is -2.60. The highest BCUT2D eigenvalue weighted by atomic mass is 16.5. The van der Waals surface area contributed by atoms with Gasteiger partial charge in [-0.25, -0.2) is 0 Å². The Morgan fingerprint density at radius 1 is 1.07 bits per heavy atom. The van der Waals surface area contributed by atoms with E-state index < -0.39 is 0 Å². The number of fused-ring (bicyclic) bond motifs is 1. The summed E-state index contributed by atoms with van der Waals surface area (Å²) in [5.41, 5.74) is 0. The van der Waals surface area contributed by atoms with Crippen LogP contribution in [0, 0.1) is 0 Å². The van der Waals surface area contributed by atoms with Crippen LogP contribution in [0.2, 0.25) is 0 Å². The molecule has 1 atom stereocenters. The van der Waals surface area contributed by atoms with Gasteiger partial charge in [-0.1, -0.05) is 30.3 Å². The van der Waals surface area contributed by atoms with Gasteiger partial charge in [0.15, 0.2) is 6.61 Å². The maximum absolute atomic E-state index is 12.5. The van der Waals surface area contributed by atoms with Crippen LogP contribution in [0.25, 0.3) is 10.8 Å². The zero-order chi connectivity index (χ0) is 19.5.